The van der Waals surface area contributed by atoms with Gasteiger partial charge >= 0.3 is 0 Å². The van der Waals surface area contributed by atoms with Gasteiger partial charge < -0.3 is 5.32 Å². The summed E-state index contributed by atoms with van der Waals surface area (Å²) in [5.74, 6) is 6.29. The minimum Gasteiger partial charge on any atom is -0.326 e. The van der Waals surface area contributed by atoms with Crippen LogP contribution in [0.4, 0.5) is 5.69 Å². The Labute approximate surface area is 114 Å². The van der Waals surface area contributed by atoms with E-state index in [2.05, 4.69) is 22.7 Å². The number of nitrogens with two attached hydrogens (primary N) is 1. The normalized spacial score (nSPS) is 24.7. The Hall–Kier alpha value is -1.46. The maximum Gasteiger partial charge on any atom is 0.227 e. The molecule has 0 bridgehead atoms. The van der Waals surface area contributed by atoms with Gasteiger partial charge in [0.05, 0.1) is 0 Å². The Kier molecular flexibility index (Phi) is 4.87. The molecular weight excluding hydrogens is 240 g/mol. The summed E-state index contributed by atoms with van der Waals surface area (Å²) in [4.78, 5) is 16.1. The second-order valence-electron chi connectivity index (χ2n) is 5.29. The van der Waals surface area contributed by atoms with Gasteiger partial charge in [-0.3, -0.25) is 21.0 Å². The fourth-order valence-electron chi connectivity index (χ4n) is 2.70. The van der Waals surface area contributed by atoms with Crippen LogP contribution in [0.1, 0.15) is 32.6 Å². The highest BCUT2D eigenvalue weighted by Gasteiger charge is 2.28. The van der Waals surface area contributed by atoms with Gasteiger partial charge in [0.2, 0.25) is 5.91 Å². The van der Waals surface area contributed by atoms with Gasteiger partial charge in [0.15, 0.2) is 0 Å². The van der Waals surface area contributed by atoms with Gasteiger partial charge in [0.1, 0.15) is 0 Å². The van der Waals surface area contributed by atoms with Gasteiger partial charge in [-0.25, -0.2) is 0 Å². The fraction of sp³-hybridized carbons (Fsp3) is 0.571. The van der Waals surface area contributed by atoms with Crippen molar-refractivity contribution < 1.29 is 4.79 Å². The van der Waals surface area contributed by atoms with Crippen LogP contribution in [0, 0.1) is 11.8 Å². The van der Waals surface area contributed by atoms with E-state index in [4.69, 9.17) is 5.84 Å². The van der Waals surface area contributed by atoms with Crippen molar-refractivity contribution in [3.63, 3.8) is 0 Å². The van der Waals surface area contributed by atoms with Crippen molar-refractivity contribution in [2.75, 3.05) is 5.32 Å². The molecule has 1 aliphatic rings. The lowest BCUT2D eigenvalue weighted by atomic mass is 9.78. The van der Waals surface area contributed by atoms with Crippen molar-refractivity contribution in [2.24, 2.45) is 17.7 Å². The molecule has 104 valence electrons. The maximum absolute atomic E-state index is 12.1. The predicted molar refractivity (Wildman–Crippen MR) is 75.1 cm³/mol. The third-order valence-corrected chi connectivity index (χ3v) is 4.06. The van der Waals surface area contributed by atoms with Crippen LogP contribution in [0.3, 0.4) is 0 Å². The van der Waals surface area contributed by atoms with E-state index in [1.54, 1.807) is 12.4 Å². The summed E-state index contributed by atoms with van der Waals surface area (Å²) in [6.07, 6.45) is 7.35. The van der Waals surface area contributed by atoms with Crippen molar-refractivity contribution >= 4 is 11.6 Å². The van der Waals surface area contributed by atoms with Crippen molar-refractivity contribution in [3.8, 4) is 0 Å². The summed E-state index contributed by atoms with van der Waals surface area (Å²) in [5.41, 5.74) is 3.63. The fourth-order valence-corrected chi connectivity index (χ4v) is 2.70. The predicted octanol–water partition coefficient (Wildman–Crippen LogP) is 1.68. The van der Waals surface area contributed by atoms with E-state index in [0.717, 1.165) is 31.4 Å². The first-order valence-corrected chi connectivity index (χ1v) is 6.87. The molecule has 0 unspecified atom stereocenters. The number of hydrogen-bond acceptors (Lipinski definition) is 4. The van der Waals surface area contributed by atoms with Crippen LogP contribution in [-0.2, 0) is 4.79 Å². The number of pyridine rings is 1. The zero-order valence-corrected chi connectivity index (χ0v) is 11.3. The first kappa shape index (κ1) is 14.0. The molecule has 5 heteroatoms. The largest absolute Gasteiger partial charge is 0.326 e. The topological polar surface area (TPSA) is 80.0 Å². The summed E-state index contributed by atoms with van der Waals surface area (Å²) in [6.45, 7) is 2.10. The van der Waals surface area contributed by atoms with E-state index < -0.39 is 0 Å². The summed E-state index contributed by atoms with van der Waals surface area (Å²) in [5, 5.41) is 2.95. The summed E-state index contributed by atoms with van der Waals surface area (Å²) >= 11 is 0. The lowest BCUT2D eigenvalue weighted by Crippen LogP contribution is -2.40. The van der Waals surface area contributed by atoms with Crippen LogP contribution in [0.25, 0.3) is 0 Å². The molecule has 19 heavy (non-hydrogen) atoms. The molecule has 0 aliphatic heterocycles. The second kappa shape index (κ2) is 6.63. The maximum atomic E-state index is 12.1. The molecule has 1 fully saturated rings. The Morgan fingerprint density at radius 2 is 1.95 bits per heavy atom. The van der Waals surface area contributed by atoms with E-state index in [1.807, 2.05) is 12.1 Å². The number of rotatable bonds is 4. The van der Waals surface area contributed by atoms with E-state index >= 15 is 0 Å². The van der Waals surface area contributed by atoms with Gasteiger partial charge in [-0.2, -0.15) is 0 Å². The van der Waals surface area contributed by atoms with Gasteiger partial charge in [-0.15, -0.1) is 0 Å². The van der Waals surface area contributed by atoms with E-state index in [-0.39, 0.29) is 11.8 Å². The quantitative estimate of drug-likeness (QED) is 0.569. The van der Waals surface area contributed by atoms with Crippen LogP contribution >= 0.6 is 0 Å². The summed E-state index contributed by atoms with van der Waals surface area (Å²) in [7, 11) is 0. The molecule has 2 rings (SSSR count). The first-order valence-electron chi connectivity index (χ1n) is 6.87. The molecule has 1 aromatic rings. The number of carbonyl (C=O) groups excluding carboxylic acids is 1. The lowest BCUT2D eigenvalue weighted by molar-refractivity contribution is -0.121. The summed E-state index contributed by atoms with van der Waals surface area (Å²) < 4.78 is 0. The highest BCUT2D eigenvalue weighted by Crippen LogP contribution is 2.31. The van der Waals surface area contributed by atoms with Crippen LogP contribution in [-0.4, -0.2) is 16.9 Å². The van der Waals surface area contributed by atoms with Crippen LogP contribution in [0.15, 0.2) is 24.5 Å². The van der Waals surface area contributed by atoms with Crippen LogP contribution < -0.4 is 16.6 Å². The molecule has 1 saturated carbocycles. The Bertz CT molecular complexity index is 401. The standard InChI is InChI=1S/C14H22N4O/c1-10(18-15)11-2-4-12(5-3-11)14(19)17-13-6-8-16-9-7-13/h6-12,18H,2-5,15H2,1H3,(H,16,17,19)/t10-,11?,12?/m1/s1. The van der Waals surface area contributed by atoms with E-state index in [9.17, 15) is 4.79 Å². The SMILES string of the molecule is C[C@@H](NN)C1CCC(C(=O)Nc2ccncc2)CC1. The smallest absolute Gasteiger partial charge is 0.227 e. The molecule has 0 spiro atoms. The van der Waals surface area contributed by atoms with Crippen LogP contribution in [0.2, 0.25) is 0 Å². The third kappa shape index (κ3) is 3.75. The molecule has 1 aromatic heterocycles. The molecule has 1 heterocycles. The molecule has 1 amide bonds. The molecule has 0 saturated heterocycles. The molecule has 1 atom stereocenters. The molecule has 0 radical (unpaired) electrons. The van der Waals surface area contributed by atoms with Gasteiger partial charge in [-0.05, 0) is 50.7 Å². The minimum atomic E-state index is 0.120. The average Bonchev–Trinajstić information content (AvgIpc) is 2.47. The Morgan fingerprint density at radius 3 is 2.53 bits per heavy atom. The number of carbonyl (C=O) groups is 1. The Morgan fingerprint density at radius 1 is 1.32 bits per heavy atom. The second-order valence-corrected chi connectivity index (χ2v) is 5.29. The van der Waals surface area contributed by atoms with Crippen molar-refractivity contribution in [1.82, 2.24) is 10.4 Å². The zero-order valence-electron chi connectivity index (χ0n) is 11.3. The zero-order chi connectivity index (χ0) is 13.7. The molecule has 4 N–H and O–H groups in total. The first-order chi connectivity index (χ1) is 9.20. The van der Waals surface area contributed by atoms with Gasteiger partial charge in [0.25, 0.3) is 0 Å². The number of hydrazine groups is 1. The molecule has 1 aliphatic carbocycles. The molecule has 0 aromatic carbocycles. The number of nitrogens with one attached hydrogen (secondary N) is 2. The van der Waals surface area contributed by atoms with Crippen LogP contribution in [0.5, 0.6) is 0 Å². The number of amides is 1. The third-order valence-electron chi connectivity index (χ3n) is 4.06. The minimum absolute atomic E-state index is 0.120. The monoisotopic (exact) mass is 262 g/mol. The van der Waals surface area contributed by atoms with Crippen molar-refractivity contribution in [2.45, 2.75) is 38.6 Å². The number of aromatic nitrogens is 1. The van der Waals surface area contributed by atoms with E-state index in [1.165, 1.54) is 0 Å². The highest BCUT2D eigenvalue weighted by atomic mass is 16.1. The molecular formula is C14H22N4O. The number of hydrogen-bond donors (Lipinski definition) is 3. The van der Waals surface area contributed by atoms with Gasteiger partial charge in [-0.1, -0.05) is 0 Å². The number of nitrogens with zero attached hydrogens (tertiary/aromatic N) is 1. The average molecular weight is 262 g/mol. The van der Waals surface area contributed by atoms with Crippen molar-refractivity contribution in [1.29, 1.82) is 0 Å². The van der Waals surface area contributed by atoms with E-state index in [0.29, 0.717) is 12.0 Å². The highest BCUT2D eigenvalue weighted by molar-refractivity contribution is 5.92. The van der Waals surface area contributed by atoms with Gasteiger partial charge in [0, 0.05) is 30.0 Å². The Balaban J connectivity index is 1.83. The van der Waals surface area contributed by atoms with Crippen molar-refractivity contribution in [3.05, 3.63) is 24.5 Å². The number of anilines is 1. The molecule has 5 nitrogen and oxygen atoms in total. The summed E-state index contributed by atoms with van der Waals surface area (Å²) in [6, 6.07) is 3.94. The lowest BCUT2D eigenvalue weighted by Gasteiger charge is -2.31.